The monoisotopic (exact) mass is 566 g/mol. The van der Waals surface area contributed by atoms with Crippen LogP contribution in [0.2, 0.25) is 0 Å². The molecule has 3 aromatic rings. The fraction of sp³-hybridized carbons (Fsp3) is 0.500. The maximum atomic E-state index is 12.9. The number of fused-ring (bicyclic) bond motifs is 1. The average Bonchev–Trinajstić information content (AvgIpc) is 3.61. The van der Waals surface area contributed by atoms with Crippen LogP contribution in [-0.2, 0) is 24.1 Å². The lowest BCUT2D eigenvalue weighted by molar-refractivity contribution is -0.117. The van der Waals surface area contributed by atoms with Crippen LogP contribution in [0.4, 0.5) is 17.2 Å². The third kappa shape index (κ3) is 5.29. The minimum atomic E-state index is -3.64. The van der Waals surface area contributed by atoms with Crippen molar-refractivity contribution in [1.29, 1.82) is 0 Å². The van der Waals surface area contributed by atoms with Crippen molar-refractivity contribution in [1.82, 2.24) is 14.5 Å². The van der Waals surface area contributed by atoms with E-state index in [2.05, 4.69) is 15.6 Å². The minimum Gasteiger partial charge on any atom is -0.469 e. The van der Waals surface area contributed by atoms with Gasteiger partial charge in [0.05, 0.1) is 22.8 Å². The van der Waals surface area contributed by atoms with E-state index in [-0.39, 0.29) is 22.9 Å². The summed E-state index contributed by atoms with van der Waals surface area (Å²) in [5, 5.41) is 6.23. The van der Waals surface area contributed by atoms with Gasteiger partial charge in [0.15, 0.2) is 15.5 Å². The summed E-state index contributed by atoms with van der Waals surface area (Å²) < 4.78 is 39.8. The standard InChI is InChI=1S/C28H34N6O5S/c1-16-30-24-20(31-19-11-10-18(13-21(19)40(4,36)37)27-29-15-28(2,3)39-27)14-22(33-26(35)17-8-9-17)32-25(24)34(16)23-7-5-6-12-38-23/h10-11,13-14,17,23H,5-9,12,15H2,1-4H3,(H2,31,32,33,35). The second-order valence-corrected chi connectivity index (χ2v) is 13.4. The molecule has 12 heteroatoms. The Morgan fingerprint density at radius 2 is 1.90 bits per heavy atom. The van der Waals surface area contributed by atoms with Gasteiger partial charge in [-0.05, 0) is 71.1 Å². The Morgan fingerprint density at radius 3 is 2.55 bits per heavy atom. The number of benzene rings is 1. The van der Waals surface area contributed by atoms with Crippen molar-refractivity contribution in [2.75, 3.05) is 30.0 Å². The topological polar surface area (TPSA) is 137 Å². The highest BCUT2D eigenvalue weighted by Crippen LogP contribution is 2.36. The third-order valence-electron chi connectivity index (χ3n) is 7.34. The second kappa shape index (κ2) is 9.84. The van der Waals surface area contributed by atoms with Gasteiger partial charge in [-0.2, -0.15) is 0 Å². The number of carbonyl (C=O) groups excluding carboxylic acids is 1. The maximum Gasteiger partial charge on any atom is 0.228 e. The molecule has 1 saturated carbocycles. The molecule has 2 N–H and O–H groups in total. The van der Waals surface area contributed by atoms with Crippen molar-refractivity contribution >= 4 is 50.0 Å². The van der Waals surface area contributed by atoms with Gasteiger partial charge in [-0.25, -0.2) is 23.4 Å². The summed E-state index contributed by atoms with van der Waals surface area (Å²) in [5.74, 6) is 1.44. The first-order chi connectivity index (χ1) is 19.0. The lowest BCUT2D eigenvalue weighted by Crippen LogP contribution is -2.24. The maximum absolute atomic E-state index is 12.9. The number of sulfone groups is 1. The molecule has 1 saturated heterocycles. The Balaban J connectivity index is 1.44. The fourth-order valence-electron chi connectivity index (χ4n) is 5.13. The van der Waals surface area contributed by atoms with Crippen LogP contribution in [0.15, 0.2) is 34.2 Å². The van der Waals surface area contributed by atoms with Crippen LogP contribution in [0, 0.1) is 12.8 Å². The molecule has 2 aromatic heterocycles. The highest BCUT2D eigenvalue weighted by molar-refractivity contribution is 7.90. The zero-order chi connectivity index (χ0) is 28.2. The quantitative estimate of drug-likeness (QED) is 0.427. The van der Waals surface area contributed by atoms with Gasteiger partial charge in [-0.15, -0.1) is 0 Å². The lowest BCUT2D eigenvalue weighted by Gasteiger charge is -2.25. The summed E-state index contributed by atoms with van der Waals surface area (Å²) in [5.41, 5.74) is 2.17. The molecule has 1 aliphatic carbocycles. The molecule has 40 heavy (non-hydrogen) atoms. The molecule has 0 radical (unpaired) electrons. The Hall–Kier alpha value is -3.51. The molecule has 2 fully saturated rings. The number of aryl methyl sites for hydroxylation is 1. The van der Waals surface area contributed by atoms with E-state index in [9.17, 15) is 13.2 Å². The van der Waals surface area contributed by atoms with Gasteiger partial charge < -0.3 is 20.1 Å². The van der Waals surface area contributed by atoms with E-state index in [1.165, 1.54) is 6.26 Å². The number of hydrogen-bond acceptors (Lipinski definition) is 9. The summed E-state index contributed by atoms with van der Waals surface area (Å²) in [6.45, 7) is 6.92. The number of aromatic nitrogens is 3. The van der Waals surface area contributed by atoms with E-state index in [0.717, 1.165) is 37.9 Å². The first-order valence-corrected chi connectivity index (χ1v) is 15.5. The first kappa shape index (κ1) is 26.7. The fourth-order valence-corrected chi connectivity index (χ4v) is 5.99. The van der Waals surface area contributed by atoms with E-state index >= 15 is 0 Å². The van der Waals surface area contributed by atoms with E-state index in [1.54, 1.807) is 24.3 Å². The molecule has 212 valence electrons. The molecule has 1 unspecified atom stereocenters. The molecule has 6 rings (SSSR count). The molecular formula is C28H34N6O5S. The molecular weight excluding hydrogens is 532 g/mol. The number of pyridine rings is 1. The number of anilines is 3. The van der Waals surface area contributed by atoms with E-state index < -0.39 is 15.4 Å². The summed E-state index contributed by atoms with van der Waals surface area (Å²) in [4.78, 5) is 26.8. The van der Waals surface area contributed by atoms with E-state index in [0.29, 0.717) is 53.0 Å². The number of rotatable bonds is 7. The molecule has 4 heterocycles. The van der Waals surface area contributed by atoms with Gasteiger partial charge in [0.25, 0.3) is 0 Å². The molecule has 1 atom stereocenters. The zero-order valence-corrected chi connectivity index (χ0v) is 24.0. The summed E-state index contributed by atoms with van der Waals surface area (Å²) in [6, 6.07) is 6.76. The summed E-state index contributed by atoms with van der Waals surface area (Å²) >= 11 is 0. The SMILES string of the molecule is Cc1nc2c(Nc3ccc(C4=NCC(C)(C)O4)cc3S(C)(=O)=O)cc(NC(=O)C3CC3)nc2n1C1CCCCO1. The molecule has 3 aliphatic rings. The van der Waals surface area contributed by atoms with Gasteiger partial charge >= 0.3 is 0 Å². The zero-order valence-electron chi connectivity index (χ0n) is 23.2. The third-order valence-corrected chi connectivity index (χ3v) is 8.48. The largest absolute Gasteiger partial charge is 0.469 e. The summed E-state index contributed by atoms with van der Waals surface area (Å²) in [6.07, 6.45) is 5.55. The Morgan fingerprint density at radius 1 is 1.10 bits per heavy atom. The Labute approximate surface area is 233 Å². The number of nitrogens with one attached hydrogen (secondary N) is 2. The number of hydrogen-bond donors (Lipinski definition) is 2. The van der Waals surface area contributed by atoms with Gasteiger partial charge in [0, 0.05) is 30.4 Å². The van der Waals surface area contributed by atoms with Crippen molar-refractivity contribution in [3.05, 3.63) is 35.7 Å². The van der Waals surface area contributed by atoms with Crippen molar-refractivity contribution in [2.45, 2.75) is 69.6 Å². The lowest BCUT2D eigenvalue weighted by atomic mass is 10.1. The molecule has 1 aromatic carbocycles. The minimum absolute atomic E-state index is 0.00249. The van der Waals surface area contributed by atoms with E-state index in [4.69, 9.17) is 19.4 Å². The van der Waals surface area contributed by atoms with E-state index in [1.807, 2.05) is 25.3 Å². The van der Waals surface area contributed by atoms with Gasteiger partial charge in [0.2, 0.25) is 11.8 Å². The van der Waals surface area contributed by atoms with Crippen LogP contribution in [0.25, 0.3) is 11.2 Å². The van der Waals surface area contributed by atoms with Crippen LogP contribution in [0.3, 0.4) is 0 Å². The van der Waals surface area contributed by atoms with Crippen LogP contribution < -0.4 is 10.6 Å². The number of imidazole rings is 1. The number of amides is 1. The number of ether oxygens (including phenoxy) is 2. The van der Waals surface area contributed by atoms with Crippen molar-refractivity contribution < 1.29 is 22.7 Å². The van der Waals surface area contributed by atoms with Crippen LogP contribution >= 0.6 is 0 Å². The van der Waals surface area contributed by atoms with Gasteiger partial charge in [-0.3, -0.25) is 9.36 Å². The van der Waals surface area contributed by atoms with Crippen LogP contribution in [0.1, 0.15) is 63.6 Å². The smallest absolute Gasteiger partial charge is 0.228 e. The predicted molar refractivity (Wildman–Crippen MR) is 152 cm³/mol. The van der Waals surface area contributed by atoms with Crippen molar-refractivity contribution in [3.8, 4) is 0 Å². The molecule has 2 aliphatic heterocycles. The molecule has 0 bridgehead atoms. The van der Waals surface area contributed by atoms with Gasteiger partial charge in [0.1, 0.15) is 29.0 Å². The second-order valence-electron chi connectivity index (χ2n) is 11.4. The number of aliphatic imine (C=N–C) groups is 1. The number of nitrogens with zero attached hydrogens (tertiary/aromatic N) is 4. The van der Waals surface area contributed by atoms with Gasteiger partial charge in [-0.1, -0.05) is 0 Å². The summed E-state index contributed by atoms with van der Waals surface area (Å²) in [7, 11) is -3.64. The average molecular weight is 567 g/mol. The normalized spacial score (nSPS) is 20.7. The Kier molecular flexibility index (Phi) is 6.57. The highest BCUT2D eigenvalue weighted by atomic mass is 32.2. The first-order valence-electron chi connectivity index (χ1n) is 13.7. The highest BCUT2D eigenvalue weighted by Gasteiger charge is 2.31. The van der Waals surface area contributed by atoms with Crippen molar-refractivity contribution in [3.63, 3.8) is 0 Å². The van der Waals surface area contributed by atoms with Crippen LogP contribution in [-0.4, -0.2) is 59.8 Å². The van der Waals surface area contributed by atoms with Crippen LogP contribution in [0.5, 0.6) is 0 Å². The molecule has 11 nitrogen and oxygen atoms in total. The number of carbonyl (C=O) groups is 1. The predicted octanol–water partition coefficient (Wildman–Crippen LogP) is 4.49. The Bertz CT molecular complexity index is 1630. The molecule has 1 amide bonds. The van der Waals surface area contributed by atoms with Crippen molar-refractivity contribution in [2.24, 2.45) is 10.9 Å². The molecule has 0 spiro atoms.